The van der Waals surface area contributed by atoms with Gasteiger partial charge >= 0.3 is 0 Å². The van der Waals surface area contributed by atoms with Crippen molar-refractivity contribution in [3.63, 3.8) is 0 Å². The minimum atomic E-state index is 0.622. The van der Waals surface area contributed by atoms with Crippen molar-refractivity contribution in [2.45, 2.75) is 13.0 Å². The first-order valence-corrected chi connectivity index (χ1v) is 6.48. The van der Waals surface area contributed by atoms with Crippen LogP contribution in [0.4, 0.5) is 0 Å². The normalized spacial score (nSPS) is 13.5. The summed E-state index contributed by atoms with van der Waals surface area (Å²) in [6.45, 7) is 1.44. The highest BCUT2D eigenvalue weighted by molar-refractivity contribution is 9.10. The van der Waals surface area contributed by atoms with Crippen LogP contribution in [0.5, 0.6) is 5.75 Å². The Morgan fingerprint density at radius 1 is 1.53 bits per heavy atom. The second-order valence-corrected chi connectivity index (χ2v) is 5.24. The van der Waals surface area contributed by atoms with Gasteiger partial charge in [-0.2, -0.15) is 5.10 Å². The van der Waals surface area contributed by atoms with Crippen LogP contribution in [0.25, 0.3) is 0 Å². The number of nitrogens with one attached hydrogen (secondary N) is 1. The largest absolute Gasteiger partial charge is 0.493 e. The van der Waals surface area contributed by atoms with Gasteiger partial charge in [-0.25, -0.2) is 0 Å². The Morgan fingerprint density at radius 2 is 2.41 bits per heavy atom. The van der Waals surface area contributed by atoms with Gasteiger partial charge in [0.1, 0.15) is 12.1 Å². The lowest BCUT2D eigenvalue weighted by molar-refractivity contribution is 0.352. The zero-order chi connectivity index (χ0) is 11.8. The molecule has 17 heavy (non-hydrogen) atoms. The third kappa shape index (κ3) is 2.02. The predicted molar refractivity (Wildman–Crippen MR) is 69.9 cm³/mol. The van der Waals surface area contributed by atoms with Gasteiger partial charge in [-0.05, 0) is 29.9 Å². The molecule has 1 aliphatic rings. The summed E-state index contributed by atoms with van der Waals surface area (Å²) in [5, 5.41) is 6.66. The van der Waals surface area contributed by atoms with E-state index in [0.29, 0.717) is 11.3 Å². The molecule has 0 unspecified atom stereocenters. The molecule has 0 amide bonds. The van der Waals surface area contributed by atoms with Gasteiger partial charge in [0, 0.05) is 16.5 Å². The number of ether oxygens (including phenoxy) is 1. The van der Waals surface area contributed by atoms with E-state index in [0.717, 1.165) is 28.8 Å². The number of hydrogen-bond acceptors (Lipinski definition) is 3. The molecule has 0 saturated heterocycles. The van der Waals surface area contributed by atoms with Crippen molar-refractivity contribution in [1.82, 2.24) is 14.8 Å². The molecule has 1 aromatic heterocycles. The Bertz CT molecular complexity index is 619. The van der Waals surface area contributed by atoms with Gasteiger partial charge in [-0.3, -0.25) is 5.10 Å². The van der Waals surface area contributed by atoms with Gasteiger partial charge in [0.15, 0.2) is 4.77 Å². The topological polar surface area (TPSA) is 42.8 Å². The molecule has 4 nitrogen and oxygen atoms in total. The van der Waals surface area contributed by atoms with Crippen molar-refractivity contribution in [1.29, 1.82) is 0 Å². The second kappa shape index (κ2) is 4.27. The summed E-state index contributed by atoms with van der Waals surface area (Å²) in [5.41, 5.74) is 2.38. The van der Waals surface area contributed by atoms with Crippen LogP contribution in [-0.4, -0.2) is 21.4 Å². The molecule has 2 heterocycles. The lowest BCUT2D eigenvalue weighted by Gasteiger charge is -2.09. The van der Waals surface area contributed by atoms with Crippen LogP contribution >= 0.6 is 28.1 Å². The van der Waals surface area contributed by atoms with Crippen LogP contribution in [0.2, 0.25) is 0 Å². The summed E-state index contributed by atoms with van der Waals surface area (Å²) >= 11 is 8.66. The average Bonchev–Trinajstić information content (AvgIpc) is 2.88. The SMILES string of the molecule is S=c1[nH]ncn1Cc1cc(Br)cc2c1OCC2. The van der Waals surface area contributed by atoms with E-state index in [-0.39, 0.29) is 0 Å². The van der Waals surface area contributed by atoms with Crippen molar-refractivity contribution >= 4 is 28.1 Å². The summed E-state index contributed by atoms with van der Waals surface area (Å²) in [5.74, 6) is 0.997. The third-order valence-corrected chi connectivity index (χ3v) is 3.57. The van der Waals surface area contributed by atoms with E-state index >= 15 is 0 Å². The first kappa shape index (κ1) is 11.0. The fourth-order valence-corrected chi connectivity index (χ4v) is 2.75. The number of hydrogen-bond donors (Lipinski definition) is 1. The molecule has 0 radical (unpaired) electrons. The highest BCUT2D eigenvalue weighted by Crippen LogP contribution is 2.33. The van der Waals surface area contributed by atoms with Gasteiger partial charge in [0.05, 0.1) is 13.2 Å². The zero-order valence-corrected chi connectivity index (χ0v) is 11.3. The van der Waals surface area contributed by atoms with Gasteiger partial charge in [-0.1, -0.05) is 15.9 Å². The molecule has 0 fully saturated rings. The highest BCUT2D eigenvalue weighted by Gasteiger charge is 2.17. The summed E-state index contributed by atoms with van der Waals surface area (Å²) in [6.07, 6.45) is 2.67. The van der Waals surface area contributed by atoms with Crippen molar-refractivity contribution < 1.29 is 4.74 Å². The number of halogens is 1. The first-order valence-electron chi connectivity index (χ1n) is 5.28. The predicted octanol–water partition coefficient (Wildman–Crippen LogP) is 2.69. The van der Waals surface area contributed by atoms with E-state index < -0.39 is 0 Å². The number of H-pyrrole nitrogens is 1. The van der Waals surface area contributed by atoms with Gasteiger partial charge in [-0.15, -0.1) is 0 Å². The summed E-state index contributed by atoms with van der Waals surface area (Å²) < 4.78 is 9.26. The maximum Gasteiger partial charge on any atom is 0.195 e. The number of aromatic nitrogens is 3. The molecule has 3 rings (SSSR count). The standard InChI is InChI=1S/C11H10BrN3OS/c12-9-3-7-1-2-16-10(7)8(4-9)5-15-6-13-14-11(15)17/h3-4,6H,1-2,5H2,(H,14,17). The minimum Gasteiger partial charge on any atom is -0.493 e. The van der Waals surface area contributed by atoms with E-state index in [9.17, 15) is 0 Å². The minimum absolute atomic E-state index is 0.622. The summed E-state index contributed by atoms with van der Waals surface area (Å²) in [6, 6.07) is 4.18. The first-order chi connectivity index (χ1) is 8.24. The molecule has 0 atom stereocenters. The van der Waals surface area contributed by atoms with Crippen LogP contribution in [0.3, 0.4) is 0 Å². The number of fused-ring (bicyclic) bond motifs is 1. The van der Waals surface area contributed by atoms with E-state index in [4.69, 9.17) is 17.0 Å². The van der Waals surface area contributed by atoms with Crippen molar-refractivity contribution in [3.8, 4) is 5.75 Å². The van der Waals surface area contributed by atoms with E-state index in [1.807, 2.05) is 4.57 Å². The molecule has 1 aromatic carbocycles. The summed E-state index contributed by atoms with van der Waals surface area (Å²) in [4.78, 5) is 0. The number of benzene rings is 1. The summed E-state index contributed by atoms with van der Waals surface area (Å²) in [7, 11) is 0. The Labute approximate surface area is 112 Å². The third-order valence-electron chi connectivity index (χ3n) is 2.78. The Kier molecular flexibility index (Phi) is 2.76. The van der Waals surface area contributed by atoms with Crippen LogP contribution in [0.15, 0.2) is 22.9 Å². The van der Waals surface area contributed by atoms with E-state index in [1.54, 1.807) is 6.33 Å². The molecule has 0 spiro atoms. The van der Waals surface area contributed by atoms with Crippen LogP contribution < -0.4 is 4.74 Å². The quantitative estimate of drug-likeness (QED) is 0.867. The zero-order valence-electron chi connectivity index (χ0n) is 8.94. The Balaban J connectivity index is 2.04. The maximum atomic E-state index is 5.67. The number of aromatic amines is 1. The van der Waals surface area contributed by atoms with E-state index in [1.165, 1.54) is 5.56 Å². The van der Waals surface area contributed by atoms with Gasteiger partial charge < -0.3 is 9.30 Å². The molecule has 0 bridgehead atoms. The maximum absolute atomic E-state index is 5.67. The van der Waals surface area contributed by atoms with E-state index in [2.05, 4.69) is 38.3 Å². The Morgan fingerprint density at radius 3 is 3.18 bits per heavy atom. The molecular weight excluding hydrogens is 302 g/mol. The number of nitrogens with zero attached hydrogens (tertiary/aromatic N) is 2. The van der Waals surface area contributed by atoms with Crippen molar-refractivity contribution in [2.75, 3.05) is 6.61 Å². The second-order valence-electron chi connectivity index (χ2n) is 3.94. The Hall–Kier alpha value is -1.14. The molecular formula is C11H10BrN3OS. The molecule has 6 heteroatoms. The van der Waals surface area contributed by atoms with Gasteiger partial charge in [0.2, 0.25) is 0 Å². The van der Waals surface area contributed by atoms with Crippen molar-refractivity contribution in [3.05, 3.63) is 38.8 Å². The fourth-order valence-electron chi connectivity index (χ4n) is 2.03. The molecule has 88 valence electrons. The van der Waals surface area contributed by atoms with Gasteiger partial charge in [0.25, 0.3) is 0 Å². The van der Waals surface area contributed by atoms with Crippen LogP contribution in [0.1, 0.15) is 11.1 Å². The molecule has 0 saturated carbocycles. The monoisotopic (exact) mass is 311 g/mol. The lowest BCUT2D eigenvalue weighted by Crippen LogP contribution is -2.01. The average molecular weight is 312 g/mol. The molecule has 0 aliphatic carbocycles. The molecule has 1 aliphatic heterocycles. The molecule has 1 N–H and O–H groups in total. The lowest BCUT2D eigenvalue weighted by atomic mass is 10.1. The van der Waals surface area contributed by atoms with Crippen LogP contribution in [0, 0.1) is 4.77 Å². The van der Waals surface area contributed by atoms with Crippen LogP contribution in [-0.2, 0) is 13.0 Å². The molecule has 2 aromatic rings. The fraction of sp³-hybridized carbons (Fsp3) is 0.273. The number of rotatable bonds is 2. The smallest absolute Gasteiger partial charge is 0.195 e. The van der Waals surface area contributed by atoms with Crippen molar-refractivity contribution in [2.24, 2.45) is 0 Å². The highest BCUT2D eigenvalue weighted by atomic mass is 79.9.